The number of amides is 2. The van der Waals surface area contributed by atoms with Gasteiger partial charge in [0.1, 0.15) is 11.4 Å². The standard InChI is InChI=1S/C15H18N4O2/c1-15(2,14(16)21)19-13(20)11-8-18-12(17-3)10-7-5-4-6-9(10)11/h4-8H,1-3H3,(H2,16,21)(H,17,18)(H,19,20). The highest BCUT2D eigenvalue weighted by Gasteiger charge is 2.28. The minimum atomic E-state index is -1.13. The van der Waals surface area contributed by atoms with Crippen LogP contribution < -0.4 is 16.4 Å². The van der Waals surface area contributed by atoms with E-state index in [-0.39, 0.29) is 5.91 Å². The van der Waals surface area contributed by atoms with Gasteiger partial charge >= 0.3 is 0 Å². The molecule has 2 rings (SSSR count). The van der Waals surface area contributed by atoms with Gasteiger partial charge in [-0.1, -0.05) is 24.3 Å². The molecule has 0 aliphatic heterocycles. The first kappa shape index (κ1) is 14.8. The van der Waals surface area contributed by atoms with Gasteiger partial charge in [0.25, 0.3) is 5.91 Å². The van der Waals surface area contributed by atoms with Crippen LogP contribution in [-0.4, -0.2) is 29.4 Å². The van der Waals surface area contributed by atoms with Gasteiger partial charge in [-0.2, -0.15) is 0 Å². The molecule has 6 heteroatoms. The molecule has 0 saturated carbocycles. The minimum absolute atomic E-state index is 0.384. The predicted molar refractivity (Wildman–Crippen MR) is 82.0 cm³/mol. The molecule has 1 aromatic carbocycles. The van der Waals surface area contributed by atoms with Crippen LogP contribution in [0.4, 0.5) is 5.82 Å². The molecule has 6 nitrogen and oxygen atoms in total. The van der Waals surface area contributed by atoms with Crippen LogP contribution in [0.3, 0.4) is 0 Å². The van der Waals surface area contributed by atoms with Crippen molar-refractivity contribution in [3.63, 3.8) is 0 Å². The summed E-state index contributed by atoms with van der Waals surface area (Å²) in [5.41, 5.74) is 4.55. The maximum absolute atomic E-state index is 12.4. The average molecular weight is 286 g/mol. The lowest BCUT2D eigenvalue weighted by molar-refractivity contribution is -0.122. The quantitative estimate of drug-likeness (QED) is 0.788. The van der Waals surface area contributed by atoms with Crippen LogP contribution in [0, 0.1) is 0 Å². The first-order chi connectivity index (χ1) is 9.86. The zero-order valence-corrected chi connectivity index (χ0v) is 12.2. The summed E-state index contributed by atoms with van der Waals surface area (Å²) in [4.78, 5) is 28.0. The van der Waals surface area contributed by atoms with E-state index in [0.29, 0.717) is 11.4 Å². The number of carbonyl (C=O) groups is 2. The third-order valence-electron chi connectivity index (χ3n) is 3.32. The van der Waals surface area contributed by atoms with Crippen LogP contribution in [0.5, 0.6) is 0 Å². The number of nitrogens with one attached hydrogen (secondary N) is 2. The number of rotatable bonds is 4. The molecule has 0 radical (unpaired) electrons. The molecule has 0 bridgehead atoms. The van der Waals surface area contributed by atoms with Crippen molar-refractivity contribution in [1.82, 2.24) is 10.3 Å². The fourth-order valence-corrected chi connectivity index (χ4v) is 1.99. The van der Waals surface area contributed by atoms with Crippen LogP contribution in [0.15, 0.2) is 30.5 Å². The second-order valence-electron chi connectivity index (χ2n) is 5.26. The highest BCUT2D eigenvalue weighted by atomic mass is 16.2. The Morgan fingerprint density at radius 1 is 1.19 bits per heavy atom. The molecule has 2 aromatic rings. The number of hydrogen-bond acceptors (Lipinski definition) is 4. The summed E-state index contributed by atoms with van der Waals surface area (Å²) in [5.74, 6) is -0.290. The topological polar surface area (TPSA) is 97.1 Å². The van der Waals surface area contributed by atoms with Crippen molar-refractivity contribution in [3.8, 4) is 0 Å². The van der Waals surface area contributed by atoms with Gasteiger partial charge in [0.15, 0.2) is 0 Å². The van der Waals surface area contributed by atoms with Gasteiger partial charge in [-0.25, -0.2) is 4.98 Å². The van der Waals surface area contributed by atoms with E-state index in [4.69, 9.17) is 5.73 Å². The van der Waals surface area contributed by atoms with E-state index < -0.39 is 11.4 Å². The maximum Gasteiger partial charge on any atom is 0.254 e. The average Bonchev–Trinajstić information content (AvgIpc) is 2.45. The molecule has 4 N–H and O–H groups in total. The fraction of sp³-hybridized carbons (Fsp3) is 0.267. The number of pyridine rings is 1. The Morgan fingerprint density at radius 2 is 1.81 bits per heavy atom. The summed E-state index contributed by atoms with van der Waals surface area (Å²) in [6.07, 6.45) is 1.49. The Kier molecular flexibility index (Phi) is 3.80. The van der Waals surface area contributed by atoms with Crippen molar-refractivity contribution >= 4 is 28.4 Å². The molecular weight excluding hydrogens is 268 g/mol. The number of nitrogens with zero attached hydrogens (tertiary/aromatic N) is 1. The maximum atomic E-state index is 12.4. The number of benzene rings is 1. The van der Waals surface area contributed by atoms with E-state index in [1.807, 2.05) is 24.3 Å². The lowest BCUT2D eigenvalue weighted by atomic mass is 10.0. The SMILES string of the molecule is CNc1ncc(C(=O)NC(C)(C)C(N)=O)c2ccccc12. The van der Waals surface area contributed by atoms with Gasteiger partial charge in [0, 0.05) is 18.6 Å². The molecule has 0 fully saturated rings. The Balaban J connectivity index is 2.48. The molecule has 1 aromatic heterocycles. The van der Waals surface area contributed by atoms with E-state index in [2.05, 4.69) is 15.6 Å². The second-order valence-corrected chi connectivity index (χ2v) is 5.26. The summed E-state index contributed by atoms with van der Waals surface area (Å²) in [5, 5.41) is 7.21. The monoisotopic (exact) mass is 286 g/mol. The van der Waals surface area contributed by atoms with E-state index >= 15 is 0 Å². The summed E-state index contributed by atoms with van der Waals surface area (Å²) in [6.45, 7) is 3.12. The molecular formula is C15H18N4O2. The summed E-state index contributed by atoms with van der Waals surface area (Å²) in [6, 6.07) is 7.44. The molecule has 110 valence electrons. The Bertz CT molecular complexity index is 710. The van der Waals surface area contributed by atoms with Gasteiger partial charge in [-0.15, -0.1) is 0 Å². The smallest absolute Gasteiger partial charge is 0.254 e. The number of carbonyl (C=O) groups excluding carboxylic acids is 2. The highest BCUT2D eigenvalue weighted by molar-refractivity contribution is 6.10. The Hall–Kier alpha value is -2.63. The van der Waals surface area contributed by atoms with E-state index in [0.717, 1.165) is 10.8 Å². The Labute approximate surface area is 122 Å². The molecule has 0 unspecified atom stereocenters. The van der Waals surface area contributed by atoms with Gasteiger partial charge in [-0.3, -0.25) is 9.59 Å². The van der Waals surface area contributed by atoms with Crippen molar-refractivity contribution in [1.29, 1.82) is 0 Å². The third kappa shape index (κ3) is 2.79. The first-order valence-electron chi connectivity index (χ1n) is 6.54. The predicted octanol–water partition coefficient (Wildman–Crippen LogP) is 1.27. The zero-order chi connectivity index (χ0) is 15.6. The van der Waals surface area contributed by atoms with Gasteiger partial charge in [0.2, 0.25) is 5.91 Å². The number of primary amides is 1. The number of hydrogen-bond donors (Lipinski definition) is 3. The molecule has 0 atom stereocenters. The normalized spacial score (nSPS) is 11.2. The van der Waals surface area contributed by atoms with Gasteiger partial charge < -0.3 is 16.4 Å². The van der Waals surface area contributed by atoms with Crippen LogP contribution in [-0.2, 0) is 4.79 Å². The largest absolute Gasteiger partial charge is 0.373 e. The molecule has 0 aliphatic carbocycles. The van der Waals surface area contributed by atoms with E-state index in [9.17, 15) is 9.59 Å². The van der Waals surface area contributed by atoms with Crippen molar-refractivity contribution in [2.75, 3.05) is 12.4 Å². The highest BCUT2D eigenvalue weighted by Crippen LogP contribution is 2.24. The first-order valence-corrected chi connectivity index (χ1v) is 6.54. The van der Waals surface area contributed by atoms with E-state index in [1.54, 1.807) is 20.9 Å². The lowest BCUT2D eigenvalue weighted by Gasteiger charge is -2.22. The molecule has 0 aliphatic rings. The van der Waals surface area contributed by atoms with Crippen molar-refractivity contribution in [3.05, 3.63) is 36.0 Å². The van der Waals surface area contributed by atoms with Crippen LogP contribution in [0.25, 0.3) is 10.8 Å². The van der Waals surface area contributed by atoms with Crippen molar-refractivity contribution < 1.29 is 9.59 Å². The second kappa shape index (κ2) is 5.40. The molecule has 2 amide bonds. The number of fused-ring (bicyclic) bond motifs is 1. The molecule has 1 heterocycles. The number of anilines is 1. The van der Waals surface area contributed by atoms with Crippen molar-refractivity contribution in [2.24, 2.45) is 5.73 Å². The fourth-order valence-electron chi connectivity index (χ4n) is 1.99. The van der Waals surface area contributed by atoms with Crippen LogP contribution in [0.1, 0.15) is 24.2 Å². The zero-order valence-electron chi connectivity index (χ0n) is 12.2. The van der Waals surface area contributed by atoms with Crippen LogP contribution in [0.2, 0.25) is 0 Å². The van der Waals surface area contributed by atoms with Gasteiger partial charge in [0.05, 0.1) is 5.56 Å². The van der Waals surface area contributed by atoms with Gasteiger partial charge in [-0.05, 0) is 19.2 Å². The minimum Gasteiger partial charge on any atom is -0.373 e. The van der Waals surface area contributed by atoms with E-state index in [1.165, 1.54) is 6.20 Å². The molecule has 0 spiro atoms. The third-order valence-corrected chi connectivity index (χ3v) is 3.32. The lowest BCUT2D eigenvalue weighted by Crippen LogP contribution is -2.53. The molecule has 0 saturated heterocycles. The molecule has 21 heavy (non-hydrogen) atoms. The van der Waals surface area contributed by atoms with Crippen LogP contribution >= 0.6 is 0 Å². The van der Waals surface area contributed by atoms with Crippen molar-refractivity contribution in [2.45, 2.75) is 19.4 Å². The Morgan fingerprint density at radius 3 is 2.38 bits per heavy atom. The summed E-state index contributed by atoms with van der Waals surface area (Å²) in [7, 11) is 1.77. The number of nitrogens with two attached hydrogens (primary N) is 1. The summed E-state index contributed by atoms with van der Waals surface area (Å²) < 4.78 is 0. The summed E-state index contributed by atoms with van der Waals surface area (Å²) >= 11 is 0. The number of aromatic nitrogens is 1.